The molecule has 4 rings (SSSR count). The van der Waals surface area contributed by atoms with E-state index in [2.05, 4.69) is 36.1 Å². The minimum atomic E-state index is 0.0480. The van der Waals surface area contributed by atoms with Gasteiger partial charge in [0.25, 0.3) is 5.91 Å². The molecule has 0 unspecified atom stereocenters. The molecule has 2 heterocycles. The SMILES string of the molecule is Cc1ccc(CN(C)c2cc(C(=O)N3CCOCC3)c3ccccc3n2)cc1. The van der Waals surface area contributed by atoms with E-state index in [0.29, 0.717) is 31.9 Å². The van der Waals surface area contributed by atoms with Crippen LogP contribution < -0.4 is 4.90 Å². The molecule has 0 N–H and O–H groups in total. The summed E-state index contributed by atoms with van der Waals surface area (Å²) in [6.07, 6.45) is 0. The summed E-state index contributed by atoms with van der Waals surface area (Å²) in [4.78, 5) is 22.0. The van der Waals surface area contributed by atoms with Crippen molar-refractivity contribution in [3.8, 4) is 0 Å². The number of benzene rings is 2. The van der Waals surface area contributed by atoms with Crippen LogP contribution >= 0.6 is 0 Å². The van der Waals surface area contributed by atoms with Crippen molar-refractivity contribution in [2.24, 2.45) is 0 Å². The van der Waals surface area contributed by atoms with E-state index in [9.17, 15) is 4.79 Å². The lowest BCUT2D eigenvalue weighted by Gasteiger charge is -2.28. The summed E-state index contributed by atoms with van der Waals surface area (Å²) in [5, 5.41) is 0.895. The van der Waals surface area contributed by atoms with Gasteiger partial charge in [-0.2, -0.15) is 0 Å². The molecule has 5 nitrogen and oxygen atoms in total. The lowest BCUT2D eigenvalue weighted by molar-refractivity contribution is 0.0304. The number of amides is 1. The number of carbonyl (C=O) groups is 1. The number of para-hydroxylation sites is 1. The molecule has 0 saturated carbocycles. The average Bonchev–Trinajstić information content (AvgIpc) is 2.74. The van der Waals surface area contributed by atoms with E-state index < -0.39 is 0 Å². The van der Waals surface area contributed by atoms with Gasteiger partial charge < -0.3 is 14.5 Å². The molecule has 1 fully saturated rings. The second-order valence-electron chi connectivity index (χ2n) is 7.29. The number of pyridine rings is 1. The first-order valence-corrected chi connectivity index (χ1v) is 9.65. The molecule has 144 valence electrons. The number of hydrogen-bond acceptors (Lipinski definition) is 4. The third-order valence-corrected chi connectivity index (χ3v) is 5.16. The van der Waals surface area contributed by atoms with Crippen molar-refractivity contribution in [2.75, 3.05) is 38.3 Å². The van der Waals surface area contributed by atoms with Crippen LogP contribution in [0.25, 0.3) is 10.9 Å². The van der Waals surface area contributed by atoms with Gasteiger partial charge >= 0.3 is 0 Å². The number of carbonyl (C=O) groups excluding carboxylic acids is 1. The predicted molar refractivity (Wildman–Crippen MR) is 112 cm³/mol. The number of hydrogen-bond donors (Lipinski definition) is 0. The van der Waals surface area contributed by atoms with Gasteiger partial charge in [-0.3, -0.25) is 4.79 Å². The summed E-state index contributed by atoms with van der Waals surface area (Å²) in [6.45, 7) is 5.26. The Balaban J connectivity index is 1.68. The van der Waals surface area contributed by atoms with Crippen LogP contribution in [0.5, 0.6) is 0 Å². The van der Waals surface area contributed by atoms with E-state index in [1.165, 1.54) is 11.1 Å². The van der Waals surface area contributed by atoms with E-state index in [1.54, 1.807) is 0 Å². The summed E-state index contributed by atoms with van der Waals surface area (Å²) >= 11 is 0. The molecule has 0 radical (unpaired) electrons. The average molecular weight is 375 g/mol. The first kappa shape index (κ1) is 18.4. The standard InChI is InChI=1S/C23H25N3O2/c1-17-7-9-18(10-8-17)16-25(2)22-15-20(19-5-3-4-6-21(19)24-22)23(27)26-11-13-28-14-12-26/h3-10,15H,11-14,16H2,1-2H3. The minimum Gasteiger partial charge on any atom is -0.378 e. The Bertz CT molecular complexity index is 979. The Morgan fingerprint density at radius 2 is 1.82 bits per heavy atom. The predicted octanol–water partition coefficient (Wildman–Crippen LogP) is 3.65. The zero-order chi connectivity index (χ0) is 19.5. The summed E-state index contributed by atoms with van der Waals surface area (Å²) in [6, 6.07) is 18.3. The maximum Gasteiger partial charge on any atom is 0.254 e. The molecule has 28 heavy (non-hydrogen) atoms. The molecule has 1 aliphatic heterocycles. The summed E-state index contributed by atoms with van der Waals surface area (Å²) in [7, 11) is 2.01. The van der Waals surface area contributed by atoms with Crippen molar-refractivity contribution < 1.29 is 9.53 Å². The van der Waals surface area contributed by atoms with Gasteiger partial charge in [0.1, 0.15) is 5.82 Å². The monoisotopic (exact) mass is 375 g/mol. The molecule has 1 aliphatic rings. The summed E-state index contributed by atoms with van der Waals surface area (Å²) in [5.41, 5.74) is 4.00. The van der Waals surface area contributed by atoms with Crippen LogP contribution in [0.1, 0.15) is 21.5 Å². The number of fused-ring (bicyclic) bond motifs is 1. The van der Waals surface area contributed by atoms with E-state index in [-0.39, 0.29) is 5.91 Å². The van der Waals surface area contributed by atoms with Crippen molar-refractivity contribution in [3.05, 3.63) is 71.3 Å². The van der Waals surface area contributed by atoms with E-state index in [1.807, 2.05) is 42.3 Å². The normalized spacial score (nSPS) is 14.3. The summed E-state index contributed by atoms with van der Waals surface area (Å²) < 4.78 is 5.40. The first-order chi connectivity index (χ1) is 13.6. The Kier molecular flexibility index (Phi) is 5.26. The Hall–Kier alpha value is -2.92. The van der Waals surface area contributed by atoms with Crippen molar-refractivity contribution in [3.63, 3.8) is 0 Å². The minimum absolute atomic E-state index is 0.0480. The van der Waals surface area contributed by atoms with Gasteiger partial charge in [-0.25, -0.2) is 4.98 Å². The maximum atomic E-state index is 13.2. The molecule has 0 spiro atoms. The fraction of sp³-hybridized carbons (Fsp3) is 0.304. The van der Waals surface area contributed by atoms with Crippen LogP contribution in [0.3, 0.4) is 0 Å². The molecule has 1 aromatic heterocycles. The Morgan fingerprint density at radius 3 is 2.57 bits per heavy atom. The lowest BCUT2D eigenvalue weighted by atomic mass is 10.1. The maximum absolute atomic E-state index is 13.2. The van der Waals surface area contributed by atoms with Crippen molar-refractivity contribution in [2.45, 2.75) is 13.5 Å². The molecular formula is C23H25N3O2. The zero-order valence-corrected chi connectivity index (χ0v) is 16.4. The molecule has 0 bridgehead atoms. The van der Waals surface area contributed by atoms with Gasteiger partial charge in [0.15, 0.2) is 0 Å². The van der Waals surface area contributed by atoms with Crippen LogP contribution in [-0.4, -0.2) is 49.1 Å². The fourth-order valence-electron chi connectivity index (χ4n) is 3.52. The highest BCUT2D eigenvalue weighted by molar-refractivity contribution is 6.07. The molecule has 1 amide bonds. The highest BCUT2D eigenvalue weighted by Gasteiger charge is 2.22. The smallest absolute Gasteiger partial charge is 0.254 e. The lowest BCUT2D eigenvalue weighted by Crippen LogP contribution is -2.40. The molecule has 1 saturated heterocycles. The van der Waals surface area contributed by atoms with Crippen molar-refractivity contribution >= 4 is 22.6 Å². The van der Waals surface area contributed by atoms with Crippen molar-refractivity contribution in [1.82, 2.24) is 9.88 Å². The third-order valence-electron chi connectivity index (χ3n) is 5.16. The Labute approximate surface area is 165 Å². The molecule has 2 aromatic carbocycles. The quantitative estimate of drug-likeness (QED) is 0.698. The molecule has 3 aromatic rings. The number of morpholine rings is 1. The number of anilines is 1. The number of aryl methyl sites for hydroxylation is 1. The first-order valence-electron chi connectivity index (χ1n) is 9.65. The number of nitrogens with zero attached hydrogens (tertiary/aromatic N) is 3. The zero-order valence-electron chi connectivity index (χ0n) is 16.4. The van der Waals surface area contributed by atoms with Gasteiger partial charge in [-0.1, -0.05) is 48.0 Å². The van der Waals surface area contributed by atoms with E-state index in [0.717, 1.165) is 23.3 Å². The molecular weight excluding hydrogens is 350 g/mol. The van der Waals surface area contributed by atoms with Gasteiger partial charge in [0.05, 0.1) is 24.3 Å². The Morgan fingerprint density at radius 1 is 1.11 bits per heavy atom. The third kappa shape index (κ3) is 3.85. The second-order valence-corrected chi connectivity index (χ2v) is 7.29. The largest absolute Gasteiger partial charge is 0.378 e. The van der Waals surface area contributed by atoms with Crippen LogP contribution in [0.2, 0.25) is 0 Å². The molecule has 0 atom stereocenters. The van der Waals surface area contributed by atoms with Crippen molar-refractivity contribution in [1.29, 1.82) is 0 Å². The van der Waals surface area contributed by atoms with Gasteiger partial charge in [-0.05, 0) is 24.6 Å². The van der Waals surface area contributed by atoms with Crippen LogP contribution in [0.15, 0.2) is 54.6 Å². The second kappa shape index (κ2) is 7.98. The highest BCUT2D eigenvalue weighted by atomic mass is 16.5. The fourth-order valence-corrected chi connectivity index (χ4v) is 3.52. The number of ether oxygens (including phenoxy) is 1. The number of aromatic nitrogens is 1. The van der Waals surface area contributed by atoms with E-state index >= 15 is 0 Å². The van der Waals surface area contributed by atoms with Gasteiger partial charge in [0, 0.05) is 32.1 Å². The summed E-state index contributed by atoms with van der Waals surface area (Å²) in [5.74, 6) is 0.850. The molecule has 5 heteroatoms. The number of rotatable bonds is 4. The van der Waals surface area contributed by atoms with E-state index in [4.69, 9.17) is 9.72 Å². The van der Waals surface area contributed by atoms with Crippen LogP contribution in [0.4, 0.5) is 5.82 Å². The molecule has 0 aliphatic carbocycles. The highest BCUT2D eigenvalue weighted by Crippen LogP contribution is 2.25. The van der Waals surface area contributed by atoms with Gasteiger partial charge in [-0.15, -0.1) is 0 Å². The topological polar surface area (TPSA) is 45.7 Å². The van der Waals surface area contributed by atoms with Crippen LogP contribution in [0, 0.1) is 6.92 Å². The van der Waals surface area contributed by atoms with Crippen LogP contribution in [-0.2, 0) is 11.3 Å². The van der Waals surface area contributed by atoms with Gasteiger partial charge in [0.2, 0.25) is 0 Å².